The van der Waals surface area contributed by atoms with Crippen LogP contribution < -0.4 is 10.1 Å². The molecule has 20 heavy (non-hydrogen) atoms. The molecule has 0 saturated carbocycles. The van der Waals surface area contributed by atoms with Crippen LogP contribution in [0.1, 0.15) is 0 Å². The van der Waals surface area contributed by atoms with Crippen LogP contribution in [0.15, 0.2) is 53.0 Å². The number of hydrogen-bond acceptors (Lipinski definition) is 3. The van der Waals surface area contributed by atoms with Gasteiger partial charge in [0, 0.05) is 17.3 Å². The van der Waals surface area contributed by atoms with Crippen molar-refractivity contribution in [3.63, 3.8) is 0 Å². The van der Waals surface area contributed by atoms with Crippen LogP contribution in [0.2, 0.25) is 0 Å². The average Bonchev–Trinajstić information content (AvgIpc) is 2.44. The minimum Gasteiger partial charge on any atom is -0.457 e. The van der Waals surface area contributed by atoms with E-state index in [4.69, 9.17) is 9.47 Å². The molecule has 2 aromatic rings. The molecule has 0 unspecified atom stereocenters. The van der Waals surface area contributed by atoms with Crippen molar-refractivity contribution in [2.24, 2.45) is 0 Å². The van der Waals surface area contributed by atoms with E-state index in [0.29, 0.717) is 11.4 Å². The van der Waals surface area contributed by atoms with Crippen LogP contribution in [0.3, 0.4) is 0 Å². The molecule has 1 N–H and O–H groups in total. The summed E-state index contributed by atoms with van der Waals surface area (Å²) in [5, 5.41) is 2.72. The Morgan fingerprint density at radius 1 is 1.05 bits per heavy atom. The van der Waals surface area contributed by atoms with Crippen LogP contribution >= 0.6 is 15.9 Å². The van der Waals surface area contributed by atoms with E-state index in [1.165, 1.54) is 7.11 Å². The third-order valence-electron chi connectivity index (χ3n) is 2.46. The zero-order chi connectivity index (χ0) is 14.4. The lowest BCUT2D eigenvalue weighted by Crippen LogP contribution is -2.16. The Kier molecular flexibility index (Phi) is 5.15. The smallest absolute Gasteiger partial charge is 0.250 e. The maximum atomic E-state index is 11.3. The van der Waals surface area contributed by atoms with Crippen molar-refractivity contribution in [3.8, 4) is 11.5 Å². The lowest BCUT2D eigenvalue weighted by molar-refractivity contribution is -0.119. The molecule has 0 bridgehead atoms. The van der Waals surface area contributed by atoms with Crippen molar-refractivity contribution in [1.29, 1.82) is 0 Å². The number of carbonyl (C=O) groups excluding carboxylic acids is 1. The van der Waals surface area contributed by atoms with Gasteiger partial charge in [0.15, 0.2) is 0 Å². The van der Waals surface area contributed by atoms with Gasteiger partial charge in [0.2, 0.25) is 5.91 Å². The fourth-order valence-electron chi connectivity index (χ4n) is 1.57. The Morgan fingerprint density at radius 2 is 1.60 bits per heavy atom. The number of hydrogen-bond donors (Lipinski definition) is 1. The quantitative estimate of drug-likeness (QED) is 0.903. The first kappa shape index (κ1) is 14.6. The van der Waals surface area contributed by atoms with E-state index in [-0.39, 0.29) is 12.5 Å². The van der Waals surface area contributed by atoms with E-state index >= 15 is 0 Å². The number of carbonyl (C=O) groups is 1. The Morgan fingerprint density at radius 3 is 2.15 bits per heavy atom. The molecule has 0 aliphatic rings. The molecule has 0 aliphatic carbocycles. The van der Waals surface area contributed by atoms with Crippen molar-refractivity contribution in [2.45, 2.75) is 0 Å². The molecule has 0 aliphatic heterocycles. The number of benzene rings is 2. The molecule has 0 fully saturated rings. The number of halogens is 1. The summed E-state index contributed by atoms with van der Waals surface area (Å²) in [6.07, 6.45) is 0. The number of methoxy groups -OCH3 is 1. The Bertz CT molecular complexity index is 567. The van der Waals surface area contributed by atoms with Crippen LogP contribution in [0, 0.1) is 0 Å². The number of amides is 1. The molecule has 0 aromatic heterocycles. The van der Waals surface area contributed by atoms with Crippen molar-refractivity contribution in [1.82, 2.24) is 0 Å². The maximum Gasteiger partial charge on any atom is 0.250 e. The Labute approximate surface area is 125 Å². The van der Waals surface area contributed by atoms with Gasteiger partial charge in [-0.05, 0) is 48.5 Å². The Hall–Kier alpha value is -1.85. The highest BCUT2D eigenvalue weighted by Gasteiger charge is 2.02. The fourth-order valence-corrected chi connectivity index (χ4v) is 1.84. The predicted octanol–water partition coefficient (Wildman–Crippen LogP) is 3.83. The highest BCUT2D eigenvalue weighted by molar-refractivity contribution is 9.10. The summed E-state index contributed by atoms with van der Waals surface area (Å²) in [4.78, 5) is 11.3. The van der Waals surface area contributed by atoms with Gasteiger partial charge < -0.3 is 14.8 Å². The molecule has 1 amide bonds. The fraction of sp³-hybridized carbons (Fsp3) is 0.133. The van der Waals surface area contributed by atoms with E-state index in [9.17, 15) is 4.79 Å². The van der Waals surface area contributed by atoms with E-state index in [2.05, 4.69) is 21.2 Å². The normalized spacial score (nSPS) is 10.1. The van der Waals surface area contributed by atoms with Gasteiger partial charge in [-0.1, -0.05) is 15.9 Å². The van der Waals surface area contributed by atoms with Crippen molar-refractivity contribution in [2.75, 3.05) is 19.0 Å². The summed E-state index contributed by atoms with van der Waals surface area (Å²) in [6, 6.07) is 14.7. The van der Waals surface area contributed by atoms with Gasteiger partial charge in [-0.2, -0.15) is 0 Å². The van der Waals surface area contributed by atoms with Gasteiger partial charge in [-0.15, -0.1) is 0 Å². The second kappa shape index (κ2) is 7.07. The first-order chi connectivity index (χ1) is 9.67. The highest BCUT2D eigenvalue weighted by Crippen LogP contribution is 2.24. The van der Waals surface area contributed by atoms with Crippen LogP contribution in [0.25, 0.3) is 0 Å². The second-order valence-corrected chi connectivity index (χ2v) is 4.98. The monoisotopic (exact) mass is 335 g/mol. The van der Waals surface area contributed by atoms with Crippen LogP contribution in [0.4, 0.5) is 5.69 Å². The molecule has 0 radical (unpaired) electrons. The second-order valence-electron chi connectivity index (χ2n) is 4.06. The molecule has 0 saturated heterocycles. The van der Waals surface area contributed by atoms with Crippen LogP contribution in [0.5, 0.6) is 11.5 Å². The van der Waals surface area contributed by atoms with Gasteiger partial charge in [0.05, 0.1) is 0 Å². The minimum absolute atomic E-state index is 0.0388. The van der Waals surface area contributed by atoms with Gasteiger partial charge >= 0.3 is 0 Å². The molecule has 0 atom stereocenters. The van der Waals surface area contributed by atoms with Gasteiger partial charge in [0.1, 0.15) is 18.1 Å². The predicted molar refractivity (Wildman–Crippen MR) is 81.2 cm³/mol. The molecule has 2 rings (SSSR count). The molecular weight excluding hydrogens is 322 g/mol. The summed E-state index contributed by atoms with van der Waals surface area (Å²) in [7, 11) is 1.48. The third-order valence-corrected chi connectivity index (χ3v) is 2.99. The molecule has 4 nitrogen and oxygen atoms in total. The van der Waals surface area contributed by atoms with Crippen molar-refractivity contribution >= 4 is 27.5 Å². The van der Waals surface area contributed by atoms with Crippen LogP contribution in [-0.2, 0) is 9.53 Å². The highest BCUT2D eigenvalue weighted by atomic mass is 79.9. The number of anilines is 1. The van der Waals surface area contributed by atoms with E-state index in [1.807, 2.05) is 24.3 Å². The van der Waals surface area contributed by atoms with E-state index in [0.717, 1.165) is 10.2 Å². The van der Waals surface area contributed by atoms with Gasteiger partial charge in [-0.25, -0.2) is 0 Å². The van der Waals surface area contributed by atoms with Crippen molar-refractivity contribution in [3.05, 3.63) is 53.0 Å². The molecule has 104 valence electrons. The minimum atomic E-state index is -0.186. The Balaban J connectivity index is 1.97. The summed E-state index contributed by atoms with van der Waals surface area (Å²) >= 11 is 3.37. The lowest BCUT2D eigenvalue weighted by atomic mass is 10.3. The van der Waals surface area contributed by atoms with E-state index < -0.39 is 0 Å². The molecular formula is C15H14BrNO3. The van der Waals surface area contributed by atoms with Crippen molar-refractivity contribution < 1.29 is 14.3 Å². The number of nitrogens with one attached hydrogen (secondary N) is 1. The number of rotatable bonds is 5. The molecule has 0 spiro atoms. The maximum absolute atomic E-state index is 11.3. The SMILES string of the molecule is COCC(=O)Nc1ccc(Oc2ccc(Br)cc2)cc1. The first-order valence-corrected chi connectivity index (χ1v) is 6.79. The van der Waals surface area contributed by atoms with Gasteiger partial charge in [0.25, 0.3) is 0 Å². The molecule has 5 heteroatoms. The zero-order valence-electron chi connectivity index (χ0n) is 10.9. The van der Waals surface area contributed by atoms with E-state index in [1.54, 1.807) is 24.3 Å². The summed E-state index contributed by atoms with van der Waals surface area (Å²) in [5.41, 5.74) is 0.704. The first-order valence-electron chi connectivity index (χ1n) is 5.99. The third kappa shape index (κ3) is 4.36. The lowest BCUT2D eigenvalue weighted by Gasteiger charge is -2.08. The summed E-state index contributed by atoms with van der Waals surface area (Å²) in [5.74, 6) is 1.27. The summed E-state index contributed by atoms with van der Waals surface area (Å²) in [6.45, 7) is 0.0388. The number of ether oxygens (including phenoxy) is 2. The standard InChI is InChI=1S/C15H14BrNO3/c1-19-10-15(18)17-12-4-8-14(9-5-12)20-13-6-2-11(16)3-7-13/h2-9H,10H2,1H3,(H,17,18). The molecule has 0 heterocycles. The molecule has 2 aromatic carbocycles. The van der Waals surface area contributed by atoms with Crippen LogP contribution in [-0.4, -0.2) is 19.6 Å². The average molecular weight is 336 g/mol. The summed E-state index contributed by atoms with van der Waals surface area (Å²) < 4.78 is 11.4. The zero-order valence-corrected chi connectivity index (χ0v) is 12.5. The topological polar surface area (TPSA) is 47.6 Å². The van der Waals surface area contributed by atoms with Gasteiger partial charge in [-0.3, -0.25) is 4.79 Å². The largest absolute Gasteiger partial charge is 0.457 e.